The second kappa shape index (κ2) is 11.8. The fraction of sp³-hybridized carbons (Fsp3) is 0.298. The maximum atomic E-state index is 6.83. The summed E-state index contributed by atoms with van der Waals surface area (Å²) in [5.41, 5.74) is 10.4. The van der Waals surface area contributed by atoms with E-state index < -0.39 is 5.41 Å². The quantitative estimate of drug-likeness (QED) is 0.187. The van der Waals surface area contributed by atoms with Gasteiger partial charge in [-0.1, -0.05) is 85.9 Å². The molecule has 6 aliphatic rings. The molecule has 0 amide bonds. The standard InChI is InChI=1S/C47H42N4O2/c1-28-13-6-7-16-30(28)45-48-44(29-14-4-3-5-15-29)49-46(50-45)47(2)24-23-33-42(27-47)53-40-22-12-20-37(43(33)40)51-36-19-10-8-17-31(36)34-25-35-32-18-9-11-21-39(32)52-41(35)26-38(34)51/h3-5,8-10,12,14,16-20,22-25,28-29,41H,6-7,11,13,15,21,26-27H2,1-2H3. The van der Waals surface area contributed by atoms with Gasteiger partial charge in [0, 0.05) is 58.5 Å². The van der Waals surface area contributed by atoms with Gasteiger partial charge in [-0.2, -0.15) is 0 Å². The zero-order valence-electron chi connectivity index (χ0n) is 30.3. The van der Waals surface area contributed by atoms with Crippen molar-refractivity contribution >= 4 is 39.6 Å². The number of fused-ring (bicyclic) bond motifs is 8. The van der Waals surface area contributed by atoms with Crippen LogP contribution in [0, 0.1) is 5.92 Å². The van der Waals surface area contributed by atoms with Crippen LogP contribution in [0.3, 0.4) is 0 Å². The number of benzene rings is 2. The lowest BCUT2D eigenvalue weighted by molar-refractivity contribution is 0.157. The molecule has 0 fully saturated rings. The first-order valence-electron chi connectivity index (χ1n) is 19.5. The Morgan fingerprint density at radius 3 is 2.77 bits per heavy atom. The Morgan fingerprint density at radius 2 is 1.87 bits per heavy atom. The van der Waals surface area contributed by atoms with Crippen LogP contribution in [0.2, 0.25) is 0 Å². The van der Waals surface area contributed by atoms with Crippen LogP contribution in [0.25, 0.3) is 45.3 Å². The highest BCUT2D eigenvalue weighted by atomic mass is 16.5. The van der Waals surface area contributed by atoms with Crippen LogP contribution in [0.4, 0.5) is 0 Å². The highest BCUT2D eigenvalue weighted by molar-refractivity contribution is 6.01. The number of furan rings is 1. The van der Waals surface area contributed by atoms with Gasteiger partial charge in [0.1, 0.15) is 34.9 Å². The number of allylic oxidation sites excluding steroid dienone is 10. The van der Waals surface area contributed by atoms with Crippen LogP contribution in [0.1, 0.15) is 98.3 Å². The Balaban J connectivity index is 1.03. The second-order valence-electron chi connectivity index (χ2n) is 15.9. The summed E-state index contributed by atoms with van der Waals surface area (Å²) in [6.45, 7) is 4.56. The molecule has 262 valence electrons. The predicted octanol–water partition coefficient (Wildman–Crippen LogP) is 10.8. The molecule has 53 heavy (non-hydrogen) atoms. The topological polar surface area (TPSA) is 66.0 Å². The third-order valence-electron chi connectivity index (χ3n) is 12.4. The third kappa shape index (κ3) is 4.80. The van der Waals surface area contributed by atoms with Crippen LogP contribution in [-0.4, -0.2) is 25.6 Å². The number of hydrogen-bond donors (Lipinski definition) is 0. The zero-order chi connectivity index (χ0) is 35.3. The number of ether oxygens (including phenoxy) is 1. The summed E-state index contributed by atoms with van der Waals surface area (Å²) >= 11 is 0. The van der Waals surface area contributed by atoms with E-state index in [1.807, 2.05) is 0 Å². The molecule has 3 aromatic heterocycles. The largest absolute Gasteiger partial charge is 0.489 e. The van der Waals surface area contributed by atoms with Crippen molar-refractivity contribution < 1.29 is 9.15 Å². The van der Waals surface area contributed by atoms with E-state index in [0.717, 1.165) is 89.7 Å². The van der Waals surface area contributed by atoms with Crippen molar-refractivity contribution in [3.63, 3.8) is 0 Å². The molecule has 0 spiro atoms. The van der Waals surface area contributed by atoms with Gasteiger partial charge < -0.3 is 13.7 Å². The predicted molar refractivity (Wildman–Crippen MR) is 212 cm³/mol. The van der Waals surface area contributed by atoms with Crippen molar-refractivity contribution in [2.24, 2.45) is 5.92 Å². The van der Waals surface area contributed by atoms with Crippen molar-refractivity contribution in [1.29, 1.82) is 0 Å². The van der Waals surface area contributed by atoms with Crippen molar-refractivity contribution in [3.05, 3.63) is 148 Å². The minimum atomic E-state index is -0.457. The number of nitrogens with zero attached hydrogens (tertiary/aromatic N) is 4. The number of rotatable bonds is 4. The van der Waals surface area contributed by atoms with Crippen LogP contribution in [0.15, 0.2) is 112 Å². The molecule has 0 bridgehead atoms. The van der Waals surface area contributed by atoms with Gasteiger partial charge in [-0.25, -0.2) is 15.0 Å². The van der Waals surface area contributed by atoms with Gasteiger partial charge in [0.25, 0.3) is 0 Å². The highest BCUT2D eigenvalue weighted by Gasteiger charge is 2.39. The lowest BCUT2D eigenvalue weighted by Crippen LogP contribution is -2.29. The lowest BCUT2D eigenvalue weighted by Gasteiger charge is -2.29. The molecule has 6 heteroatoms. The summed E-state index contributed by atoms with van der Waals surface area (Å²) < 4.78 is 15.9. The van der Waals surface area contributed by atoms with Crippen LogP contribution >= 0.6 is 0 Å². The summed E-state index contributed by atoms with van der Waals surface area (Å²) in [6.07, 6.45) is 30.5. The van der Waals surface area contributed by atoms with E-state index in [1.165, 1.54) is 45.3 Å². The van der Waals surface area contributed by atoms with E-state index in [0.29, 0.717) is 12.3 Å². The van der Waals surface area contributed by atoms with Crippen molar-refractivity contribution in [1.82, 2.24) is 19.5 Å². The van der Waals surface area contributed by atoms with E-state index in [9.17, 15) is 0 Å². The van der Waals surface area contributed by atoms with Gasteiger partial charge >= 0.3 is 0 Å². The summed E-state index contributed by atoms with van der Waals surface area (Å²) in [7, 11) is 0. The molecule has 5 aromatic rings. The molecule has 4 heterocycles. The first-order valence-corrected chi connectivity index (χ1v) is 19.5. The van der Waals surface area contributed by atoms with E-state index >= 15 is 0 Å². The SMILES string of the molecule is CC1CCCC=C1c1nc(C2C=CC=CC2)nc(C2(C)C=Cc3c(oc4cccc(-n5c6c(c7ccccc75)C=C5C7=C(CCC=C7)OC5C6)c34)C2)n1. The molecule has 6 nitrogen and oxygen atoms in total. The summed E-state index contributed by atoms with van der Waals surface area (Å²) in [6, 6.07) is 15.3. The fourth-order valence-electron chi connectivity index (χ4n) is 9.61. The molecule has 0 N–H and O–H groups in total. The molecular weight excluding hydrogens is 653 g/mol. The van der Waals surface area contributed by atoms with Crippen molar-refractivity contribution in [3.8, 4) is 5.69 Å². The molecule has 4 atom stereocenters. The first kappa shape index (κ1) is 31.1. The van der Waals surface area contributed by atoms with E-state index in [4.69, 9.17) is 24.1 Å². The van der Waals surface area contributed by atoms with Crippen LogP contribution in [-0.2, 0) is 23.0 Å². The van der Waals surface area contributed by atoms with Crippen LogP contribution in [0.5, 0.6) is 0 Å². The molecule has 1 aliphatic heterocycles. The number of para-hydroxylation sites is 1. The smallest absolute Gasteiger partial charge is 0.159 e. The van der Waals surface area contributed by atoms with E-state index in [2.05, 4.69) is 122 Å². The minimum absolute atomic E-state index is 0.0408. The summed E-state index contributed by atoms with van der Waals surface area (Å²) in [5, 5.41) is 2.41. The number of aromatic nitrogens is 4. The van der Waals surface area contributed by atoms with Crippen molar-refractivity contribution in [2.75, 3.05) is 0 Å². The van der Waals surface area contributed by atoms with Gasteiger partial charge in [-0.3, -0.25) is 0 Å². The molecule has 5 aliphatic carbocycles. The van der Waals surface area contributed by atoms with Gasteiger partial charge in [-0.05, 0) is 74.8 Å². The van der Waals surface area contributed by atoms with Gasteiger partial charge in [0.05, 0.1) is 22.0 Å². The highest BCUT2D eigenvalue weighted by Crippen LogP contribution is 2.47. The average Bonchev–Trinajstić information content (AvgIpc) is 3.86. The molecule has 11 rings (SSSR count). The van der Waals surface area contributed by atoms with Crippen LogP contribution < -0.4 is 0 Å². The van der Waals surface area contributed by atoms with E-state index in [-0.39, 0.29) is 12.0 Å². The fourth-order valence-corrected chi connectivity index (χ4v) is 9.61. The number of hydrogen-bond acceptors (Lipinski definition) is 5. The van der Waals surface area contributed by atoms with Gasteiger partial charge in [0.15, 0.2) is 5.82 Å². The average molecular weight is 695 g/mol. The Labute approximate surface area is 309 Å². The molecule has 0 saturated carbocycles. The molecule has 0 saturated heterocycles. The maximum Gasteiger partial charge on any atom is 0.159 e. The molecule has 4 unspecified atom stereocenters. The maximum absolute atomic E-state index is 6.83. The summed E-state index contributed by atoms with van der Waals surface area (Å²) in [5.74, 6) is 5.21. The molecule has 2 aromatic carbocycles. The summed E-state index contributed by atoms with van der Waals surface area (Å²) in [4.78, 5) is 15.6. The Kier molecular flexibility index (Phi) is 6.89. The van der Waals surface area contributed by atoms with Gasteiger partial charge in [0.2, 0.25) is 0 Å². The normalized spacial score (nSPS) is 25.6. The van der Waals surface area contributed by atoms with Gasteiger partial charge in [-0.15, -0.1) is 0 Å². The Bertz CT molecular complexity index is 2600. The molecular formula is C47H42N4O2. The first-order chi connectivity index (χ1) is 26.0. The monoisotopic (exact) mass is 694 g/mol. The molecule has 0 radical (unpaired) electrons. The Hall–Kier alpha value is -5.49. The van der Waals surface area contributed by atoms with Crippen molar-refractivity contribution in [2.45, 2.75) is 82.7 Å². The third-order valence-corrected chi connectivity index (χ3v) is 12.4. The zero-order valence-corrected chi connectivity index (χ0v) is 30.3. The van der Waals surface area contributed by atoms with E-state index in [1.54, 1.807) is 0 Å². The Morgan fingerprint density at radius 1 is 0.925 bits per heavy atom. The lowest BCUT2D eigenvalue weighted by atomic mass is 9.79. The second-order valence-corrected chi connectivity index (χ2v) is 15.9. The minimum Gasteiger partial charge on any atom is -0.489 e.